The maximum atomic E-state index is 10.5. The Morgan fingerprint density at radius 3 is 1.23 bits per heavy atom. The number of rotatable bonds is 4. The summed E-state index contributed by atoms with van der Waals surface area (Å²) in [6.45, 7) is 3.25. The summed E-state index contributed by atoms with van der Waals surface area (Å²) >= 11 is 0. The Labute approximate surface area is 86.8 Å². The van der Waals surface area contributed by atoms with E-state index in [0.717, 1.165) is 0 Å². The molecule has 0 aromatic heterocycles. The van der Waals surface area contributed by atoms with E-state index >= 15 is 0 Å². The van der Waals surface area contributed by atoms with Crippen LogP contribution in [0.3, 0.4) is 0 Å². The summed E-state index contributed by atoms with van der Waals surface area (Å²) in [4.78, 5) is 21.0. The number of carbonyl (C=O) groups is 2. The van der Waals surface area contributed by atoms with Crippen LogP contribution in [0.15, 0.2) is 11.1 Å². The van der Waals surface area contributed by atoms with Gasteiger partial charge in [0.2, 0.25) is 0 Å². The average Bonchev–Trinajstić information content (AvgIpc) is 1.98. The van der Waals surface area contributed by atoms with Gasteiger partial charge in [-0.25, -0.2) is 9.59 Å². The Morgan fingerprint density at radius 2 is 1.15 bits per heavy atom. The predicted octanol–water partition coefficient (Wildman–Crippen LogP) is 1.27. The van der Waals surface area contributed by atoms with E-state index in [1.807, 2.05) is 0 Å². The molecule has 1 radical (unpaired) electrons. The van der Waals surface area contributed by atoms with Gasteiger partial charge in [-0.15, -0.1) is 0 Å². The molecular formula is C8H12CoO4. The van der Waals surface area contributed by atoms with E-state index < -0.39 is 11.9 Å². The number of hydrogen-bond donors (Lipinski definition) is 2. The molecule has 0 rings (SSSR count). The molecule has 0 aliphatic rings. The van der Waals surface area contributed by atoms with Crippen LogP contribution in [-0.4, -0.2) is 22.2 Å². The van der Waals surface area contributed by atoms with Crippen molar-refractivity contribution >= 4 is 11.9 Å². The first-order valence-corrected chi connectivity index (χ1v) is 3.73. The molecule has 77 valence electrons. The van der Waals surface area contributed by atoms with Crippen molar-refractivity contribution in [2.24, 2.45) is 0 Å². The quantitative estimate of drug-likeness (QED) is 0.714. The molecule has 0 saturated carbocycles. The zero-order valence-corrected chi connectivity index (χ0v) is 8.50. The van der Waals surface area contributed by atoms with Gasteiger partial charge in [0.1, 0.15) is 0 Å². The summed E-state index contributed by atoms with van der Waals surface area (Å²) in [5, 5.41) is 17.2. The van der Waals surface area contributed by atoms with Crippen molar-refractivity contribution in [1.82, 2.24) is 0 Å². The summed E-state index contributed by atoms with van der Waals surface area (Å²) in [6.07, 6.45) is 0.482. The molecule has 0 aromatic carbocycles. The molecule has 0 heterocycles. The van der Waals surface area contributed by atoms with Crippen LogP contribution in [0, 0.1) is 0 Å². The number of hydrogen-bond acceptors (Lipinski definition) is 2. The molecule has 0 aliphatic carbocycles. The van der Waals surface area contributed by atoms with E-state index in [9.17, 15) is 9.59 Å². The molecule has 0 aromatic rings. The standard InChI is InChI=1S/C8H12O4.Co/c1-3-5(7(9)10)6(4-2)8(11)12;/h3-4H2,1-2H3,(H,9,10)(H,11,12);/b6-5-;. The SMILES string of the molecule is CC/C(C(=O)O)=C(\CC)C(=O)O.[Co]. The Balaban J connectivity index is 0. The summed E-state index contributed by atoms with van der Waals surface area (Å²) in [6, 6.07) is 0. The Hall–Kier alpha value is -0.814. The van der Waals surface area contributed by atoms with Crippen LogP contribution in [0.1, 0.15) is 26.7 Å². The van der Waals surface area contributed by atoms with E-state index in [0.29, 0.717) is 0 Å². The first-order valence-electron chi connectivity index (χ1n) is 3.73. The van der Waals surface area contributed by atoms with E-state index in [2.05, 4.69) is 0 Å². The summed E-state index contributed by atoms with van der Waals surface area (Å²) in [5.41, 5.74) is -0.0185. The van der Waals surface area contributed by atoms with E-state index in [1.165, 1.54) is 0 Å². The largest absolute Gasteiger partial charge is 0.478 e. The normalized spacial score (nSPS) is 11.2. The minimum Gasteiger partial charge on any atom is -0.478 e. The second-order valence-electron chi connectivity index (χ2n) is 2.27. The minimum absolute atomic E-state index is 0. The molecule has 0 unspecified atom stereocenters. The first-order chi connectivity index (χ1) is 5.54. The number of carboxylic acids is 2. The summed E-state index contributed by atoms with van der Waals surface area (Å²) in [5.74, 6) is -2.28. The third-order valence-corrected chi connectivity index (χ3v) is 1.59. The van der Waals surface area contributed by atoms with Crippen LogP contribution in [-0.2, 0) is 26.4 Å². The topological polar surface area (TPSA) is 74.6 Å². The van der Waals surface area contributed by atoms with E-state index in [1.54, 1.807) is 13.8 Å². The molecule has 4 nitrogen and oxygen atoms in total. The van der Waals surface area contributed by atoms with Crippen LogP contribution in [0.4, 0.5) is 0 Å². The molecule has 0 amide bonds. The van der Waals surface area contributed by atoms with Crippen molar-refractivity contribution in [2.75, 3.05) is 0 Å². The molecule has 0 bridgehead atoms. The van der Waals surface area contributed by atoms with E-state index in [-0.39, 0.29) is 40.8 Å². The van der Waals surface area contributed by atoms with Crippen molar-refractivity contribution in [3.63, 3.8) is 0 Å². The van der Waals surface area contributed by atoms with E-state index in [4.69, 9.17) is 10.2 Å². The van der Waals surface area contributed by atoms with Crippen molar-refractivity contribution in [3.8, 4) is 0 Å². The smallest absolute Gasteiger partial charge is 0.332 e. The summed E-state index contributed by atoms with van der Waals surface area (Å²) in [7, 11) is 0. The van der Waals surface area contributed by atoms with Gasteiger partial charge in [-0.05, 0) is 12.8 Å². The van der Waals surface area contributed by atoms with Crippen LogP contribution >= 0.6 is 0 Å². The van der Waals surface area contributed by atoms with Crippen molar-refractivity contribution in [3.05, 3.63) is 11.1 Å². The fraction of sp³-hybridized carbons (Fsp3) is 0.500. The molecule has 0 aliphatic heterocycles. The van der Waals surface area contributed by atoms with Gasteiger partial charge in [0.05, 0.1) is 0 Å². The molecule has 0 saturated heterocycles. The molecule has 0 atom stereocenters. The molecule has 2 N–H and O–H groups in total. The number of aliphatic carboxylic acids is 2. The molecular weight excluding hydrogens is 219 g/mol. The second-order valence-corrected chi connectivity index (χ2v) is 2.27. The maximum absolute atomic E-state index is 10.5. The van der Waals surface area contributed by atoms with Gasteiger partial charge in [0.25, 0.3) is 0 Å². The van der Waals surface area contributed by atoms with Crippen LogP contribution < -0.4 is 0 Å². The van der Waals surface area contributed by atoms with Crippen molar-refractivity contribution in [1.29, 1.82) is 0 Å². The van der Waals surface area contributed by atoms with Gasteiger partial charge in [0, 0.05) is 27.9 Å². The zero-order chi connectivity index (χ0) is 9.72. The molecule has 5 heteroatoms. The Bertz CT molecular complexity index is 208. The second kappa shape index (κ2) is 6.68. The van der Waals surface area contributed by atoms with Gasteiger partial charge in [0.15, 0.2) is 0 Å². The Morgan fingerprint density at radius 1 is 0.923 bits per heavy atom. The maximum Gasteiger partial charge on any atom is 0.332 e. The van der Waals surface area contributed by atoms with Crippen LogP contribution in [0.2, 0.25) is 0 Å². The zero-order valence-electron chi connectivity index (χ0n) is 7.46. The van der Waals surface area contributed by atoms with Gasteiger partial charge in [-0.2, -0.15) is 0 Å². The van der Waals surface area contributed by atoms with Gasteiger partial charge < -0.3 is 10.2 Å². The fourth-order valence-electron chi connectivity index (χ4n) is 0.987. The van der Waals surface area contributed by atoms with Crippen molar-refractivity contribution in [2.45, 2.75) is 26.7 Å². The molecule has 13 heavy (non-hydrogen) atoms. The third-order valence-electron chi connectivity index (χ3n) is 1.59. The van der Waals surface area contributed by atoms with Gasteiger partial charge >= 0.3 is 11.9 Å². The monoisotopic (exact) mass is 231 g/mol. The minimum atomic E-state index is -1.14. The summed E-state index contributed by atoms with van der Waals surface area (Å²) < 4.78 is 0. The van der Waals surface area contributed by atoms with Crippen LogP contribution in [0.25, 0.3) is 0 Å². The third kappa shape index (κ3) is 4.09. The molecule has 0 fully saturated rings. The predicted molar refractivity (Wildman–Crippen MR) is 42.9 cm³/mol. The van der Waals surface area contributed by atoms with Crippen LogP contribution in [0.5, 0.6) is 0 Å². The Kier molecular flexibility index (Phi) is 7.55. The first kappa shape index (κ1) is 14.7. The van der Waals surface area contributed by atoms with Gasteiger partial charge in [-0.1, -0.05) is 13.8 Å². The average molecular weight is 231 g/mol. The molecule has 0 spiro atoms. The fourth-order valence-corrected chi connectivity index (χ4v) is 0.987. The van der Waals surface area contributed by atoms with Gasteiger partial charge in [-0.3, -0.25) is 0 Å². The number of carboxylic acid groups (broad SMARTS) is 2. The van der Waals surface area contributed by atoms with Crippen molar-refractivity contribution < 1.29 is 36.6 Å².